The zero-order valence-electron chi connectivity index (χ0n) is 13.1. The van der Waals surface area contributed by atoms with Crippen LogP contribution in [-0.4, -0.2) is 24.8 Å². The standard InChI is InChI=1S/C16H33NO/c1-6-16(5,18-8-3)15(17-7-2)14-11-9-10-13(4)12-14/h13-15,17H,6-12H2,1-5H3. The van der Waals surface area contributed by atoms with Gasteiger partial charge < -0.3 is 10.1 Å². The van der Waals surface area contributed by atoms with Gasteiger partial charge >= 0.3 is 0 Å². The van der Waals surface area contributed by atoms with Crippen LogP contribution in [0, 0.1) is 11.8 Å². The van der Waals surface area contributed by atoms with Crippen LogP contribution in [0.3, 0.4) is 0 Å². The molecule has 108 valence electrons. The van der Waals surface area contributed by atoms with E-state index in [4.69, 9.17) is 4.74 Å². The maximum Gasteiger partial charge on any atom is 0.0806 e. The van der Waals surface area contributed by atoms with Crippen molar-refractivity contribution in [3.05, 3.63) is 0 Å². The van der Waals surface area contributed by atoms with Gasteiger partial charge in [-0.25, -0.2) is 0 Å². The molecule has 2 nitrogen and oxygen atoms in total. The minimum Gasteiger partial charge on any atom is -0.374 e. The van der Waals surface area contributed by atoms with Crippen molar-refractivity contribution < 1.29 is 4.74 Å². The highest BCUT2D eigenvalue weighted by molar-refractivity contribution is 4.94. The summed E-state index contributed by atoms with van der Waals surface area (Å²) in [6, 6.07) is 0.509. The van der Waals surface area contributed by atoms with Crippen LogP contribution in [0.5, 0.6) is 0 Å². The van der Waals surface area contributed by atoms with Crippen molar-refractivity contribution in [2.24, 2.45) is 11.8 Å². The van der Waals surface area contributed by atoms with Crippen LogP contribution in [0.4, 0.5) is 0 Å². The van der Waals surface area contributed by atoms with Crippen molar-refractivity contribution in [2.45, 2.75) is 78.4 Å². The first-order chi connectivity index (χ1) is 8.57. The third kappa shape index (κ3) is 3.96. The first-order valence-electron chi connectivity index (χ1n) is 7.94. The zero-order chi connectivity index (χ0) is 13.6. The molecule has 0 amide bonds. The molecule has 1 fully saturated rings. The van der Waals surface area contributed by atoms with Crippen LogP contribution in [0.1, 0.15) is 66.7 Å². The second kappa shape index (κ2) is 7.49. The van der Waals surface area contributed by atoms with E-state index in [0.717, 1.165) is 31.4 Å². The molecule has 0 aliphatic heterocycles. The monoisotopic (exact) mass is 255 g/mol. The third-order valence-electron chi connectivity index (χ3n) is 4.71. The summed E-state index contributed by atoms with van der Waals surface area (Å²) in [6.45, 7) is 13.1. The van der Waals surface area contributed by atoms with Gasteiger partial charge in [0.25, 0.3) is 0 Å². The van der Waals surface area contributed by atoms with E-state index in [1.807, 2.05) is 0 Å². The quantitative estimate of drug-likeness (QED) is 0.742. The predicted octanol–water partition coefficient (Wildman–Crippen LogP) is 4.00. The van der Waals surface area contributed by atoms with Crippen molar-refractivity contribution in [2.75, 3.05) is 13.2 Å². The Bertz CT molecular complexity index is 231. The Morgan fingerprint density at radius 2 is 2.00 bits per heavy atom. The van der Waals surface area contributed by atoms with E-state index in [0.29, 0.717) is 6.04 Å². The molecule has 0 saturated heterocycles. The lowest BCUT2D eigenvalue weighted by Crippen LogP contribution is -2.55. The van der Waals surface area contributed by atoms with Crippen molar-refractivity contribution in [1.29, 1.82) is 0 Å². The topological polar surface area (TPSA) is 21.3 Å². The minimum absolute atomic E-state index is 0.00745. The number of hydrogen-bond donors (Lipinski definition) is 1. The number of hydrogen-bond acceptors (Lipinski definition) is 2. The summed E-state index contributed by atoms with van der Waals surface area (Å²) in [4.78, 5) is 0. The van der Waals surface area contributed by atoms with Gasteiger partial charge in [0.1, 0.15) is 0 Å². The lowest BCUT2D eigenvalue weighted by atomic mass is 9.73. The number of likely N-dealkylation sites (N-methyl/N-ethyl adjacent to an activating group) is 1. The Hall–Kier alpha value is -0.0800. The van der Waals surface area contributed by atoms with Crippen LogP contribution in [-0.2, 0) is 4.74 Å². The Balaban J connectivity index is 2.78. The summed E-state index contributed by atoms with van der Waals surface area (Å²) >= 11 is 0. The molecular weight excluding hydrogens is 222 g/mol. The average molecular weight is 255 g/mol. The first-order valence-corrected chi connectivity index (χ1v) is 7.94. The molecule has 0 radical (unpaired) electrons. The molecule has 1 saturated carbocycles. The van der Waals surface area contributed by atoms with Gasteiger partial charge in [-0.1, -0.05) is 33.6 Å². The van der Waals surface area contributed by atoms with Gasteiger partial charge in [-0.05, 0) is 51.5 Å². The van der Waals surface area contributed by atoms with E-state index in [9.17, 15) is 0 Å². The van der Waals surface area contributed by atoms with Gasteiger partial charge in [-0.3, -0.25) is 0 Å². The second-order valence-electron chi connectivity index (χ2n) is 6.17. The van der Waals surface area contributed by atoms with E-state index >= 15 is 0 Å². The molecule has 0 aromatic heterocycles. The summed E-state index contributed by atoms with van der Waals surface area (Å²) in [7, 11) is 0. The van der Waals surface area contributed by atoms with E-state index < -0.39 is 0 Å². The van der Waals surface area contributed by atoms with E-state index in [1.165, 1.54) is 25.7 Å². The number of rotatable bonds is 7. The summed E-state index contributed by atoms with van der Waals surface area (Å²) in [5, 5.41) is 3.72. The molecule has 1 rings (SSSR count). The molecular formula is C16H33NO. The Labute approximate surface area is 114 Å². The number of ether oxygens (including phenoxy) is 1. The van der Waals surface area contributed by atoms with Gasteiger partial charge in [0, 0.05) is 12.6 Å². The van der Waals surface area contributed by atoms with Crippen LogP contribution >= 0.6 is 0 Å². The molecule has 0 spiro atoms. The summed E-state index contributed by atoms with van der Waals surface area (Å²) in [5.74, 6) is 1.66. The molecule has 1 aliphatic rings. The maximum absolute atomic E-state index is 6.12. The Morgan fingerprint density at radius 3 is 2.50 bits per heavy atom. The Morgan fingerprint density at radius 1 is 1.28 bits per heavy atom. The molecule has 1 aliphatic carbocycles. The third-order valence-corrected chi connectivity index (χ3v) is 4.71. The van der Waals surface area contributed by atoms with E-state index in [2.05, 4.69) is 39.9 Å². The van der Waals surface area contributed by atoms with E-state index in [1.54, 1.807) is 0 Å². The fourth-order valence-corrected chi connectivity index (χ4v) is 3.63. The molecule has 0 aromatic carbocycles. The van der Waals surface area contributed by atoms with Gasteiger partial charge in [-0.2, -0.15) is 0 Å². The highest BCUT2D eigenvalue weighted by Gasteiger charge is 2.39. The van der Waals surface area contributed by atoms with Crippen molar-refractivity contribution in [3.8, 4) is 0 Å². The normalized spacial score (nSPS) is 29.8. The molecule has 0 heterocycles. The lowest BCUT2D eigenvalue weighted by molar-refractivity contribution is -0.0745. The van der Waals surface area contributed by atoms with Crippen LogP contribution in [0.15, 0.2) is 0 Å². The zero-order valence-corrected chi connectivity index (χ0v) is 13.1. The highest BCUT2D eigenvalue weighted by Crippen LogP contribution is 2.36. The molecule has 4 unspecified atom stereocenters. The summed E-state index contributed by atoms with van der Waals surface area (Å²) in [6.07, 6.45) is 6.61. The minimum atomic E-state index is -0.00745. The average Bonchev–Trinajstić information content (AvgIpc) is 2.36. The van der Waals surface area contributed by atoms with Gasteiger partial charge in [0.05, 0.1) is 5.60 Å². The van der Waals surface area contributed by atoms with Crippen LogP contribution < -0.4 is 5.32 Å². The molecule has 0 bridgehead atoms. The highest BCUT2D eigenvalue weighted by atomic mass is 16.5. The number of nitrogens with one attached hydrogen (secondary N) is 1. The van der Waals surface area contributed by atoms with Gasteiger partial charge in [-0.15, -0.1) is 0 Å². The largest absolute Gasteiger partial charge is 0.374 e. The van der Waals surface area contributed by atoms with Crippen molar-refractivity contribution >= 4 is 0 Å². The molecule has 18 heavy (non-hydrogen) atoms. The van der Waals surface area contributed by atoms with Crippen LogP contribution in [0.2, 0.25) is 0 Å². The van der Waals surface area contributed by atoms with Gasteiger partial charge in [0.15, 0.2) is 0 Å². The summed E-state index contributed by atoms with van der Waals surface area (Å²) in [5.41, 5.74) is -0.00745. The second-order valence-corrected chi connectivity index (χ2v) is 6.17. The molecule has 0 aromatic rings. The smallest absolute Gasteiger partial charge is 0.0806 e. The lowest BCUT2D eigenvalue weighted by Gasteiger charge is -2.44. The maximum atomic E-state index is 6.12. The molecule has 4 atom stereocenters. The Kier molecular flexibility index (Phi) is 6.65. The van der Waals surface area contributed by atoms with Gasteiger partial charge in [0.2, 0.25) is 0 Å². The predicted molar refractivity (Wildman–Crippen MR) is 78.9 cm³/mol. The fourth-order valence-electron chi connectivity index (χ4n) is 3.63. The molecule has 1 N–H and O–H groups in total. The van der Waals surface area contributed by atoms with Crippen molar-refractivity contribution in [3.63, 3.8) is 0 Å². The first kappa shape index (κ1) is 16.0. The van der Waals surface area contributed by atoms with Crippen molar-refractivity contribution in [1.82, 2.24) is 5.32 Å². The van der Waals surface area contributed by atoms with Crippen LogP contribution in [0.25, 0.3) is 0 Å². The van der Waals surface area contributed by atoms with E-state index in [-0.39, 0.29) is 5.60 Å². The fraction of sp³-hybridized carbons (Fsp3) is 1.00. The summed E-state index contributed by atoms with van der Waals surface area (Å²) < 4.78 is 6.12. The molecule has 2 heteroatoms. The SMILES string of the molecule is CCNC(C1CCCC(C)C1)C(C)(CC)OCC.